The van der Waals surface area contributed by atoms with Crippen molar-refractivity contribution in [1.82, 2.24) is 5.43 Å². The lowest BCUT2D eigenvalue weighted by Crippen LogP contribution is -2.49. The zero-order valence-corrected chi connectivity index (χ0v) is 12.7. The highest BCUT2D eigenvalue weighted by Gasteiger charge is 2.34. The first-order valence-corrected chi connectivity index (χ1v) is 7.64. The third-order valence-corrected chi connectivity index (χ3v) is 4.86. The van der Waals surface area contributed by atoms with Crippen molar-refractivity contribution in [2.24, 2.45) is 11.3 Å². The molecule has 1 atom stereocenters. The van der Waals surface area contributed by atoms with E-state index in [1.165, 1.54) is 37.7 Å². The highest BCUT2D eigenvalue weighted by molar-refractivity contribution is 9.10. The van der Waals surface area contributed by atoms with E-state index in [-0.39, 0.29) is 0 Å². The Kier molecular flexibility index (Phi) is 4.82. The number of rotatable bonds is 4. The minimum absolute atomic E-state index is 0.343. The van der Waals surface area contributed by atoms with Gasteiger partial charge in [0.2, 0.25) is 0 Å². The first-order valence-electron chi connectivity index (χ1n) is 6.85. The van der Waals surface area contributed by atoms with E-state index < -0.39 is 0 Å². The van der Waals surface area contributed by atoms with Gasteiger partial charge in [-0.15, -0.1) is 0 Å². The van der Waals surface area contributed by atoms with Crippen LogP contribution in [-0.2, 0) is 6.42 Å². The molecule has 1 aromatic carbocycles. The smallest absolute Gasteiger partial charge is 0.0304 e. The normalized spacial score (nSPS) is 20.6. The van der Waals surface area contributed by atoms with Gasteiger partial charge in [-0.05, 0) is 42.4 Å². The maximum absolute atomic E-state index is 5.81. The molecule has 0 radical (unpaired) electrons. The van der Waals surface area contributed by atoms with Gasteiger partial charge in [0.25, 0.3) is 0 Å². The topological polar surface area (TPSA) is 38.0 Å². The molecule has 1 aromatic rings. The molecule has 0 amide bonds. The maximum Gasteiger partial charge on any atom is 0.0304 e. The second-order valence-corrected chi connectivity index (χ2v) is 6.68. The lowest BCUT2D eigenvalue weighted by molar-refractivity contribution is 0.144. The molecule has 18 heavy (non-hydrogen) atoms. The van der Waals surface area contributed by atoms with E-state index in [9.17, 15) is 0 Å². The largest absolute Gasteiger partial charge is 0.271 e. The van der Waals surface area contributed by atoms with Gasteiger partial charge in [-0.25, -0.2) is 0 Å². The van der Waals surface area contributed by atoms with Crippen LogP contribution < -0.4 is 11.3 Å². The van der Waals surface area contributed by atoms with E-state index in [4.69, 9.17) is 5.84 Å². The highest BCUT2D eigenvalue weighted by atomic mass is 79.9. The molecular weight excluding hydrogens is 288 g/mol. The Balaban J connectivity index is 2.09. The molecule has 1 aliphatic rings. The summed E-state index contributed by atoms with van der Waals surface area (Å²) in [6, 6.07) is 8.90. The molecule has 1 fully saturated rings. The predicted octanol–water partition coefficient (Wildman–Crippen LogP) is 3.79. The molecule has 3 N–H and O–H groups in total. The third-order valence-electron chi connectivity index (χ3n) is 4.37. The first-order chi connectivity index (χ1) is 8.64. The molecular formula is C15H23BrN2. The fourth-order valence-corrected chi connectivity index (χ4v) is 3.56. The quantitative estimate of drug-likeness (QED) is 0.656. The third kappa shape index (κ3) is 3.34. The van der Waals surface area contributed by atoms with Crippen molar-refractivity contribution in [3.8, 4) is 0 Å². The van der Waals surface area contributed by atoms with Gasteiger partial charge in [0.1, 0.15) is 0 Å². The van der Waals surface area contributed by atoms with E-state index in [2.05, 4.69) is 52.5 Å². The molecule has 0 spiro atoms. The Hall–Kier alpha value is -0.380. The molecule has 1 unspecified atom stereocenters. The average Bonchev–Trinajstić information content (AvgIpc) is 2.37. The van der Waals surface area contributed by atoms with Crippen LogP contribution in [0.4, 0.5) is 0 Å². The van der Waals surface area contributed by atoms with Gasteiger partial charge in [0.05, 0.1) is 0 Å². The second kappa shape index (κ2) is 6.18. The molecule has 2 nitrogen and oxygen atoms in total. The summed E-state index contributed by atoms with van der Waals surface area (Å²) in [6.45, 7) is 2.38. The van der Waals surface area contributed by atoms with E-state index in [0.717, 1.165) is 10.9 Å². The van der Waals surface area contributed by atoms with E-state index in [1.807, 2.05) is 0 Å². The molecule has 2 rings (SSSR count). The second-order valence-electron chi connectivity index (χ2n) is 5.77. The lowest BCUT2D eigenvalue weighted by Gasteiger charge is -2.40. The van der Waals surface area contributed by atoms with Gasteiger partial charge >= 0.3 is 0 Å². The van der Waals surface area contributed by atoms with Crippen LogP contribution in [0.1, 0.15) is 44.6 Å². The number of nitrogens with one attached hydrogen (secondary N) is 1. The molecule has 100 valence electrons. The molecule has 0 heterocycles. The van der Waals surface area contributed by atoms with Crippen LogP contribution in [0, 0.1) is 5.41 Å². The summed E-state index contributed by atoms with van der Waals surface area (Å²) < 4.78 is 1.14. The Morgan fingerprint density at radius 2 is 2.06 bits per heavy atom. The summed E-state index contributed by atoms with van der Waals surface area (Å²) in [5.74, 6) is 5.81. The van der Waals surface area contributed by atoms with Crippen molar-refractivity contribution in [3.63, 3.8) is 0 Å². The lowest BCUT2D eigenvalue weighted by atomic mass is 9.69. The molecule has 0 bridgehead atoms. The van der Waals surface area contributed by atoms with Gasteiger partial charge < -0.3 is 0 Å². The van der Waals surface area contributed by atoms with Crippen molar-refractivity contribution in [1.29, 1.82) is 0 Å². The van der Waals surface area contributed by atoms with Gasteiger partial charge in [0.15, 0.2) is 0 Å². The highest BCUT2D eigenvalue weighted by Crippen LogP contribution is 2.39. The minimum Gasteiger partial charge on any atom is -0.271 e. The molecule has 3 heteroatoms. The summed E-state index contributed by atoms with van der Waals surface area (Å²) in [5.41, 5.74) is 4.75. The first kappa shape index (κ1) is 14.0. The zero-order valence-electron chi connectivity index (χ0n) is 11.1. The Labute approximate surface area is 118 Å². The number of halogens is 1. The Bertz CT molecular complexity index is 386. The monoisotopic (exact) mass is 310 g/mol. The molecule has 1 aliphatic carbocycles. The summed E-state index contributed by atoms with van der Waals surface area (Å²) in [5, 5.41) is 0. The summed E-state index contributed by atoms with van der Waals surface area (Å²) in [6.07, 6.45) is 7.64. The SMILES string of the molecule is CC1(C(Cc2cccc(Br)c2)NN)CCCCC1. The summed E-state index contributed by atoms with van der Waals surface area (Å²) >= 11 is 3.53. The van der Waals surface area contributed by atoms with Crippen LogP contribution in [0.5, 0.6) is 0 Å². The number of hydrogen-bond acceptors (Lipinski definition) is 2. The van der Waals surface area contributed by atoms with Crippen LogP contribution in [-0.4, -0.2) is 6.04 Å². The van der Waals surface area contributed by atoms with Crippen molar-refractivity contribution < 1.29 is 0 Å². The van der Waals surface area contributed by atoms with Gasteiger partial charge in [-0.1, -0.05) is 54.2 Å². The summed E-state index contributed by atoms with van der Waals surface area (Å²) in [7, 11) is 0. The van der Waals surface area contributed by atoms with E-state index in [0.29, 0.717) is 11.5 Å². The standard InChI is InChI=1S/C15H23BrN2/c1-15(8-3-2-4-9-15)14(18-17)11-12-6-5-7-13(16)10-12/h5-7,10,14,18H,2-4,8-9,11,17H2,1H3. The fraction of sp³-hybridized carbons (Fsp3) is 0.600. The Morgan fingerprint density at radius 1 is 1.33 bits per heavy atom. The Morgan fingerprint density at radius 3 is 2.67 bits per heavy atom. The molecule has 0 aromatic heterocycles. The predicted molar refractivity (Wildman–Crippen MR) is 80.1 cm³/mol. The molecule has 1 saturated carbocycles. The maximum atomic E-state index is 5.81. The number of hydrogen-bond donors (Lipinski definition) is 2. The van der Waals surface area contributed by atoms with Crippen LogP contribution in [0.15, 0.2) is 28.7 Å². The fourth-order valence-electron chi connectivity index (χ4n) is 3.11. The molecule has 0 aliphatic heterocycles. The van der Waals surface area contributed by atoms with Crippen LogP contribution >= 0.6 is 15.9 Å². The number of benzene rings is 1. The van der Waals surface area contributed by atoms with E-state index >= 15 is 0 Å². The van der Waals surface area contributed by atoms with Gasteiger partial charge in [-0.2, -0.15) is 0 Å². The van der Waals surface area contributed by atoms with Crippen LogP contribution in [0.25, 0.3) is 0 Å². The minimum atomic E-state index is 0.343. The van der Waals surface area contributed by atoms with Crippen molar-refractivity contribution in [2.75, 3.05) is 0 Å². The molecule has 0 saturated heterocycles. The zero-order chi connectivity index (χ0) is 13.0. The van der Waals surface area contributed by atoms with Crippen molar-refractivity contribution in [3.05, 3.63) is 34.3 Å². The van der Waals surface area contributed by atoms with Gasteiger partial charge in [-0.3, -0.25) is 11.3 Å². The summed E-state index contributed by atoms with van der Waals surface area (Å²) in [4.78, 5) is 0. The average molecular weight is 311 g/mol. The van der Waals surface area contributed by atoms with Crippen LogP contribution in [0.2, 0.25) is 0 Å². The van der Waals surface area contributed by atoms with Crippen molar-refractivity contribution >= 4 is 15.9 Å². The van der Waals surface area contributed by atoms with Gasteiger partial charge in [0, 0.05) is 10.5 Å². The number of hydrazine groups is 1. The van der Waals surface area contributed by atoms with E-state index in [1.54, 1.807) is 0 Å². The van der Waals surface area contributed by atoms with Crippen molar-refractivity contribution in [2.45, 2.75) is 51.5 Å². The van der Waals surface area contributed by atoms with Crippen LogP contribution in [0.3, 0.4) is 0 Å². The number of nitrogens with two attached hydrogens (primary N) is 1.